The minimum absolute atomic E-state index is 0.0547. The van der Waals surface area contributed by atoms with Gasteiger partial charge in [-0.1, -0.05) is 18.2 Å². The molecule has 0 aromatic heterocycles. The SMILES string of the molecule is O=C(/C=C/c1cc[c]c(C(F)(F)F)c1-c1ccc2c(c1)CCOO2)NCCCN1CCCC1=O. The Morgan fingerprint density at radius 3 is 2.85 bits per heavy atom. The highest BCUT2D eigenvalue weighted by atomic mass is 19.4. The number of nitrogens with zero attached hydrogens (tertiary/aromatic N) is 1. The van der Waals surface area contributed by atoms with E-state index >= 15 is 0 Å². The first kappa shape index (κ1) is 23.8. The summed E-state index contributed by atoms with van der Waals surface area (Å²) in [5, 5.41) is 2.71. The van der Waals surface area contributed by atoms with Crippen molar-refractivity contribution >= 4 is 17.9 Å². The summed E-state index contributed by atoms with van der Waals surface area (Å²) in [7, 11) is 0. The Bertz CT molecular complexity index is 1100. The van der Waals surface area contributed by atoms with E-state index in [1.807, 2.05) is 0 Å². The molecular formula is C25H24F3N2O4. The van der Waals surface area contributed by atoms with Gasteiger partial charge in [0, 0.05) is 49.7 Å². The highest BCUT2D eigenvalue weighted by Gasteiger charge is 2.35. The maximum atomic E-state index is 13.8. The standard InChI is InChI=1S/C25H24F3N2O4/c26-25(27,28)20-5-1-4-17(24(20)19-7-9-21-18(16-19)11-15-33-34-21)8-10-22(31)29-12-3-14-30-13-2-6-23(30)32/h1,4,7-10,16H,2-3,6,11-15H2,(H,29,31)/b10-8+. The van der Waals surface area contributed by atoms with Gasteiger partial charge in [0.15, 0.2) is 5.75 Å². The lowest BCUT2D eigenvalue weighted by Gasteiger charge is -2.19. The molecule has 2 aliphatic rings. The molecule has 0 saturated carbocycles. The van der Waals surface area contributed by atoms with Crippen LogP contribution in [0, 0.1) is 6.07 Å². The van der Waals surface area contributed by atoms with Crippen LogP contribution in [-0.2, 0) is 27.1 Å². The van der Waals surface area contributed by atoms with Gasteiger partial charge in [0.2, 0.25) is 11.8 Å². The number of alkyl halides is 3. The number of fused-ring (bicyclic) bond motifs is 1. The van der Waals surface area contributed by atoms with Crippen molar-refractivity contribution in [3.8, 4) is 16.9 Å². The van der Waals surface area contributed by atoms with E-state index in [9.17, 15) is 22.8 Å². The molecule has 0 unspecified atom stereocenters. The first-order valence-corrected chi connectivity index (χ1v) is 11.1. The molecule has 0 aliphatic carbocycles. The minimum Gasteiger partial charge on any atom is -0.352 e. The van der Waals surface area contributed by atoms with E-state index in [4.69, 9.17) is 9.78 Å². The third-order valence-corrected chi connectivity index (χ3v) is 5.75. The third-order valence-electron chi connectivity index (χ3n) is 5.75. The fourth-order valence-electron chi connectivity index (χ4n) is 4.10. The predicted molar refractivity (Wildman–Crippen MR) is 118 cm³/mol. The lowest BCUT2D eigenvalue weighted by molar-refractivity contribution is -0.215. The molecule has 2 aliphatic heterocycles. The van der Waals surface area contributed by atoms with Crippen LogP contribution in [0.15, 0.2) is 36.4 Å². The van der Waals surface area contributed by atoms with Gasteiger partial charge >= 0.3 is 6.18 Å². The molecule has 2 heterocycles. The fraction of sp³-hybridized carbons (Fsp3) is 0.360. The normalized spacial score (nSPS) is 16.0. The molecule has 2 aromatic rings. The summed E-state index contributed by atoms with van der Waals surface area (Å²) >= 11 is 0. The molecule has 2 aromatic carbocycles. The Hall–Kier alpha value is -3.33. The summed E-state index contributed by atoms with van der Waals surface area (Å²) in [4.78, 5) is 35.7. The lowest BCUT2D eigenvalue weighted by atomic mass is 9.92. The maximum absolute atomic E-state index is 13.8. The number of hydrogen-bond acceptors (Lipinski definition) is 4. The van der Waals surface area contributed by atoms with Crippen molar-refractivity contribution in [1.82, 2.24) is 10.2 Å². The summed E-state index contributed by atoms with van der Waals surface area (Å²) in [6.07, 6.45) is 0.510. The molecular weight excluding hydrogens is 449 g/mol. The van der Waals surface area contributed by atoms with Crippen molar-refractivity contribution < 1.29 is 32.5 Å². The van der Waals surface area contributed by atoms with Crippen LogP contribution in [0.3, 0.4) is 0 Å². The van der Waals surface area contributed by atoms with Gasteiger partial charge in [-0.25, -0.2) is 0 Å². The number of rotatable bonds is 7. The van der Waals surface area contributed by atoms with Crippen molar-refractivity contribution in [2.45, 2.75) is 31.9 Å². The van der Waals surface area contributed by atoms with E-state index in [0.29, 0.717) is 50.3 Å². The van der Waals surface area contributed by atoms with E-state index < -0.39 is 17.6 Å². The van der Waals surface area contributed by atoms with Gasteiger partial charge in [0.25, 0.3) is 0 Å². The second-order valence-corrected chi connectivity index (χ2v) is 8.12. The quantitative estimate of drug-likeness (QED) is 0.372. The van der Waals surface area contributed by atoms with Crippen molar-refractivity contribution in [2.75, 3.05) is 26.2 Å². The Kier molecular flexibility index (Phi) is 7.21. The summed E-state index contributed by atoms with van der Waals surface area (Å²) in [6.45, 7) is 1.98. The minimum atomic E-state index is -4.62. The number of halogens is 3. The number of carbonyl (C=O) groups excluding carboxylic acids is 2. The largest absolute Gasteiger partial charge is 0.417 e. The van der Waals surface area contributed by atoms with Crippen LogP contribution in [0.25, 0.3) is 17.2 Å². The van der Waals surface area contributed by atoms with Crippen molar-refractivity contribution in [1.29, 1.82) is 0 Å². The Labute approximate surface area is 195 Å². The molecule has 1 radical (unpaired) electrons. The number of hydrogen-bond donors (Lipinski definition) is 1. The van der Waals surface area contributed by atoms with Crippen LogP contribution in [0.2, 0.25) is 0 Å². The van der Waals surface area contributed by atoms with Gasteiger partial charge in [-0.3, -0.25) is 9.59 Å². The molecule has 34 heavy (non-hydrogen) atoms. The maximum Gasteiger partial charge on any atom is 0.417 e. The van der Waals surface area contributed by atoms with Crippen LogP contribution >= 0.6 is 0 Å². The molecule has 179 valence electrons. The molecule has 2 amide bonds. The number of carbonyl (C=O) groups is 2. The monoisotopic (exact) mass is 473 g/mol. The molecule has 6 nitrogen and oxygen atoms in total. The molecule has 1 N–H and O–H groups in total. The highest BCUT2D eigenvalue weighted by Crippen LogP contribution is 2.40. The predicted octanol–water partition coefficient (Wildman–Crippen LogP) is 4.18. The number of amides is 2. The Balaban J connectivity index is 1.50. The van der Waals surface area contributed by atoms with Gasteiger partial charge in [-0.05, 0) is 48.2 Å². The molecule has 0 bridgehead atoms. The van der Waals surface area contributed by atoms with Crippen LogP contribution in [0.1, 0.15) is 36.0 Å². The summed E-state index contributed by atoms with van der Waals surface area (Å²) in [6, 6.07) is 9.75. The second kappa shape index (κ2) is 10.3. The summed E-state index contributed by atoms with van der Waals surface area (Å²) in [5.41, 5.74) is 0.379. The molecule has 1 fully saturated rings. The molecule has 4 rings (SSSR count). The average Bonchev–Trinajstić information content (AvgIpc) is 3.24. The van der Waals surface area contributed by atoms with Crippen LogP contribution in [-0.4, -0.2) is 43.0 Å². The molecule has 0 spiro atoms. The van der Waals surface area contributed by atoms with Gasteiger partial charge in [-0.2, -0.15) is 18.1 Å². The fourth-order valence-corrected chi connectivity index (χ4v) is 4.10. The summed E-state index contributed by atoms with van der Waals surface area (Å²) < 4.78 is 41.4. The summed E-state index contributed by atoms with van der Waals surface area (Å²) in [5.74, 6) is 0.174. The van der Waals surface area contributed by atoms with Gasteiger partial charge in [-0.15, -0.1) is 0 Å². The van der Waals surface area contributed by atoms with E-state index in [1.165, 1.54) is 30.4 Å². The number of likely N-dealkylation sites (tertiary alicyclic amines) is 1. The second-order valence-electron chi connectivity index (χ2n) is 8.12. The average molecular weight is 473 g/mol. The van der Waals surface area contributed by atoms with Crippen LogP contribution < -0.4 is 10.2 Å². The van der Waals surface area contributed by atoms with E-state index in [1.54, 1.807) is 17.0 Å². The molecule has 0 atom stereocenters. The lowest BCUT2D eigenvalue weighted by Crippen LogP contribution is -2.29. The van der Waals surface area contributed by atoms with E-state index in [0.717, 1.165) is 18.5 Å². The number of nitrogens with one attached hydrogen (secondary N) is 1. The first-order valence-electron chi connectivity index (χ1n) is 11.1. The van der Waals surface area contributed by atoms with Crippen molar-refractivity contribution in [2.24, 2.45) is 0 Å². The highest BCUT2D eigenvalue weighted by molar-refractivity contribution is 5.93. The van der Waals surface area contributed by atoms with Crippen LogP contribution in [0.4, 0.5) is 13.2 Å². The topological polar surface area (TPSA) is 67.9 Å². The Morgan fingerprint density at radius 1 is 1.24 bits per heavy atom. The third kappa shape index (κ3) is 5.59. The zero-order chi connectivity index (χ0) is 24.1. The zero-order valence-corrected chi connectivity index (χ0v) is 18.4. The molecule has 9 heteroatoms. The van der Waals surface area contributed by atoms with E-state index in [-0.39, 0.29) is 17.0 Å². The van der Waals surface area contributed by atoms with Gasteiger partial charge in [0.1, 0.15) is 0 Å². The van der Waals surface area contributed by atoms with Gasteiger partial charge < -0.3 is 15.1 Å². The van der Waals surface area contributed by atoms with Crippen molar-refractivity contribution in [3.05, 3.63) is 59.2 Å². The van der Waals surface area contributed by atoms with E-state index in [2.05, 4.69) is 11.4 Å². The van der Waals surface area contributed by atoms with Crippen LogP contribution in [0.5, 0.6) is 5.75 Å². The first-order chi connectivity index (χ1) is 16.3. The Morgan fingerprint density at radius 2 is 2.09 bits per heavy atom. The van der Waals surface area contributed by atoms with Crippen molar-refractivity contribution in [3.63, 3.8) is 0 Å². The van der Waals surface area contributed by atoms with Gasteiger partial charge in [0.05, 0.1) is 12.2 Å². The number of benzene rings is 2. The smallest absolute Gasteiger partial charge is 0.352 e. The molecule has 1 saturated heterocycles. The zero-order valence-electron chi connectivity index (χ0n) is 18.4.